The Balaban J connectivity index is 2.91. The Bertz CT molecular complexity index is 533. The van der Waals surface area contributed by atoms with Crippen molar-refractivity contribution in [3.63, 3.8) is 0 Å². The number of aliphatic hydroxyl groups excluding tert-OH is 1. The Labute approximate surface area is 136 Å². The zero-order valence-corrected chi connectivity index (χ0v) is 14.3. The lowest BCUT2D eigenvalue weighted by molar-refractivity contribution is -0.148. The molecule has 0 aliphatic heterocycles. The molecule has 0 aliphatic rings. The molecule has 0 heterocycles. The minimum absolute atomic E-state index is 0.226. The molecule has 2 unspecified atom stereocenters. The number of benzene rings is 1. The van der Waals surface area contributed by atoms with Crippen molar-refractivity contribution in [2.75, 3.05) is 14.2 Å². The van der Waals surface area contributed by atoms with E-state index in [-0.39, 0.29) is 17.7 Å². The van der Waals surface area contributed by atoms with E-state index in [1.165, 1.54) is 14.2 Å². The molecule has 6 heteroatoms. The van der Waals surface area contributed by atoms with Gasteiger partial charge in [0.1, 0.15) is 11.9 Å². The van der Waals surface area contributed by atoms with Crippen LogP contribution < -0.4 is 10.1 Å². The minimum atomic E-state index is -1.21. The summed E-state index contributed by atoms with van der Waals surface area (Å²) in [6.45, 7) is 5.75. The molecule has 0 fully saturated rings. The van der Waals surface area contributed by atoms with E-state index in [1.54, 1.807) is 24.3 Å². The maximum atomic E-state index is 12.1. The number of rotatable bonds is 6. The number of aliphatic hydroxyl groups is 1. The van der Waals surface area contributed by atoms with Gasteiger partial charge in [-0.1, -0.05) is 32.9 Å². The van der Waals surface area contributed by atoms with Crippen LogP contribution in [0.15, 0.2) is 24.3 Å². The van der Waals surface area contributed by atoms with Gasteiger partial charge in [0.2, 0.25) is 5.91 Å². The minimum Gasteiger partial charge on any atom is -0.497 e. The monoisotopic (exact) mass is 323 g/mol. The van der Waals surface area contributed by atoms with Gasteiger partial charge in [-0.3, -0.25) is 4.79 Å². The highest BCUT2D eigenvalue weighted by molar-refractivity contribution is 5.85. The smallest absolute Gasteiger partial charge is 0.331 e. The third kappa shape index (κ3) is 5.90. The number of esters is 1. The summed E-state index contributed by atoms with van der Waals surface area (Å²) >= 11 is 0. The predicted octanol–water partition coefficient (Wildman–Crippen LogP) is 1.82. The van der Waals surface area contributed by atoms with E-state index in [0.717, 1.165) is 0 Å². The molecule has 2 N–H and O–H groups in total. The molecule has 1 aromatic rings. The molecule has 2 atom stereocenters. The molecule has 1 amide bonds. The van der Waals surface area contributed by atoms with Crippen LogP contribution in [0.25, 0.3) is 0 Å². The van der Waals surface area contributed by atoms with Gasteiger partial charge < -0.3 is 19.9 Å². The lowest BCUT2D eigenvalue weighted by atomic mass is 9.91. The summed E-state index contributed by atoms with van der Waals surface area (Å²) in [5.74, 6) is -0.386. The van der Waals surface area contributed by atoms with Crippen LogP contribution in [0.1, 0.15) is 38.9 Å². The second-order valence-corrected chi connectivity index (χ2v) is 6.52. The van der Waals surface area contributed by atoms with Gasteiger partial charge in [0.15, 0.2) is 6.04 Å². The van der Waals surface area contributed by atoms with Gasteiger partial charge in [0.05, 0.1) is 14.2 Å². The maximum Gasteiger partial charge on any atom is 0.331 e. The summed E-state index contributed by atoms with van der Waals surface area (Å²) < 4.78 is 9.75. The molecule has 1 rings (SSSR count). The van der Waals surface area contributed by atoms with Crippen LogP contribution in [-0.2, 0) is 14.3 Å². The lowest BCUT2D eigenvalue weighted by Gasteiger charge is -2.24. The number of carbonyl (C=O) groups excluding carboxylic acids is 2. The zero-order valence-electron chi connectivity index (χ0n) is 14.3. The number of hydrogen-bond acceptors (Lipinski definition) is 5. The van der Waals surface area contributed by atoms with Crippen molar-refractivity contribution in [1.82, 2.24) is 5.32 Å². The summed E-state index contributed by atoms with van der Waals surface area (Å²) in [4.78, 5) is 24.0. The largest absolute Gasteiger partial charge is 0.497 e. The first-order valence-electron chi connectivity index (χ1n) is 7.37. The number of ether oxygens (including phenoxy) is 2. The highest BCUT2D eigenvalue weighted by Gasteiger charge is 2.31. The molecule has 128 valence electrons. The number of amides is 1. The quantitative estimate of drug-likeness (QED) is 0.780. The predicted molar refractivity (Wildman–Crippen MR) is 86.0 cm³/mol. The van der Waals surface area contributed by atoms with Gasteiger partial charge in [-0.2, -0.15) is 0 Å². The van der Waals surface area contributed by atoms with Gasteiger partial charge >= 0.3 is 5.97 Å². The molecule has 0 saturated heterocycles. The third-order valence-corrected chi connectivity index (χ3v) is 3.24. The van der Waals surface area contributed by atoms with Crippen molar-refractivity contribution in [2.45, 2.75) is 39.3 Å². The molecule has 1 aromatic carbocycles. The van der Waals surface area contributed by atoms with E-state index in [9.17, 15) is 14.7 Å². The average molecular weight is 323 g/mol. The van der Waals surface area contributed by atoms with Gasteiger partial charge in [0.25, 0.3) is 0 Å². The average Bonchev–Trinajstić information content (AvgIpc) is 2.49. The van der Waals surface area contributed by atoms with E-state index in [1.807, 2.05) is 20.8 Å². The molecule has 0 aliphatic carbocycles. The molecule has 6 nitrogen and oxygen atoms in total. The lowest BCUT2D eigenvalue weighted by Crippen LogP contribution is -2.46. The number of carbonyl (C=O) groups is 2. The second-order valence-electron chi connectivity index (χ2n) is 6.52. The SMILES string of the molecule is COC(=O)C(NC(=O)CC(C)(C)C)C(O)c1ccc(OC)cc1. The van der Waals surface area contributed by atoms with Crippen molar-refractivity contribution < 1.29 is 24.2 Å². The Kier molecular flexibility index (Phi) is 6.57. The number of nitrogens with one attached hydrogen (secondary N) is 1. The molecular formula is C17H25NO5. The standard InChI is InChI=1S/C17H25NO5/c1-17(2,3)10-13(19)18-14(16(21)23-5)15(20)11-6-8-12(22-4)9-7-11/h6-9,14-15,20H,10H2,1-5H3,(H,18,19). The Morgan fingerprint density at radius 2 is 1.74 bits per heavy atom. The van der Waals surface area contributed by atoms with E-state index in [4.69, 9.17) is 9.47 Å². The Hall–Kier alpha value is -2.08. The van der Waals surface area contributed by atoms with Crippen molar-refractivity contribution in [1.29, 1.82) is 0 Å². The van der Waals surface area contributed by atoms with Gasteiger partial charge in [-0.15, -0.1) is 0 Å². The topological polar surface area (TPSA) is 84.9 Å². The summed E-state index contributed by atoms with van der Waals surface area (Å²) in [6.07, 6.45) is -0.979. The summed E-state index contributed by atoms with van der Waals surface area (Å²) in [5, 5.41) is 13.0. The molecule has 0 bridgehead atoms. The van der Waals surface area contributed by atoms with E-state index in [0.29, 0.717) is 11.3 Å². The first-order chi connectivity index (χ1) is 10.7. The van der Waals surface area contributed by atoms with Gasteiger partial charge in [-0.25, -0.2) is 4.79 Å². The fourth-order valence-corrected chi connectivity index (χ4v) is 2.09. The second kappa shape index (κ2) is 7.97. The van der Waals surface area contributed by atoms with Crippen LogP contribution in [0.2, 0.25) is 0 Å². The summed E-state index contributed by atoms with van der Waals surface area (Å²) in [7, 11) is 2.75. The summed E-state index contributed by atoms with van der Waals surface area (Å²) in [5.41, 5.74) is 0.257. The normalized spacial score (nSPS) is 13.8. The zero-order chi connectivity index (χ0) is 17.6. The highest BCUT2D eigenvalue weighted by Crippen LogP contribution is 2.22. The van der Waals surface area contributed by atoms with Crippen molar-refractivity contribution >= 4 is 11.9 Å². The van der Waals surface area contributed by atoms with Crippen LogP contribution in [0.4, 0.5) is 0 Å². The highest BCUT2D eigenvalue weighted by atomic mass is 16.5. The Morgan fingerprint density at radius 1 is 1.17 bits per heavy atom. The molecule has 23 heavy (non-hydrogen) atoms. The number of hydrogen-bond donors (Lipinski definition) is 2. The summed E-state index contributed by atoms with van der Waals surface area (Å²) in [6, 6.07) is 5.45. The van der Waals surface area contributed by atoms with E-state index < -0.39 is 18.1 Å². The van der Waals surface area contributed by atoms with Crippen LogP contribution in [-0.4, -0.2) is 37.2 Å². The molecular weight excluding hydrogens is 298 g/mol. The van der Waals surface area contributed by atoms with E-state index in [2.05, 4.69) is 5.32 Å². The van der Waals surface area contributed by atoms with Gasteiger partial charge in [-0.05, 0) is 23.1 Å². The molecule has 0 aromatic heterocycles. The maximum absolute atomic E-state index is 12.1. The fourth-order valence-electron chi connectivity index (χ4n) is 2.09. The molecule has 0 saturated carbocycles. The van der Waals surface area contributed by atoms with Crippen molar-refractivity contribution in [2.24, 2.45) is 5.41 Å². The molecule has 0 spiro atoms. The van der Waals surface area contributed by atoms with Gasteiger partial charge in [0, 0.05) is 6.42 Å². The van der Waals surface area contributed by atoms with Crippen LogP contribution >= 0.6 is 0 Å². The van der Waals surface area contributed by atoms with Crippen LogP contribution in [0.5, 0.6) is 5.75 Å². The first-order valence-corrected chi connectivity index (χ1v) is 7.37. The first kappa shape index (κ1) is 19.0. The van der Waals surface area contributed by atoms with Crippen LogP contribution in [0.3, 0.4) is 0 Å². The molecule has 0 radical (unpaired) electrons. The van der Waals surface area contributed by atoms with E-state index >= 15 is 0 Å². The third-order valence-electron chi connectivity index (χ3n) is 3.24. The fraction of sp³-hybridized carbons (Fsp3) is 0.529. The van der Waals surface area contributed by atoms with Crippen molar-refractivity contribution in [3.8, 4) is 5.75 Å². The Morgan fingerprint density at radius 3 is 2.17 bits per heavy atom. The van der Waals surface area contributed by atoms with Crippen LogP contribution in [0, 0.1) is 5.41 Å². The van der Waals surface area contributed by atoms with Crippen molar-refractivity contribution in [3.05, 3.63) is 29.8 Å². The number of methoxy groups -OCH3 is 2.